The molecule has 0 bridgehead atoms. The Bertz CT molecular complexity index is 421. The van der Waals surface area contributed by atoms with Crippen molar-refractivity contribution in [3.8, 4) is 0 Å². The van der Waals surface area contributed by atoms with Crippen LogP contribution in [0.4, 0.5) is 5.82 Å². The second-order valence-corrected chi connectivity index (χ2v) is 6.72. The third-order valence-corrected chi connectivity index (χ3v) is 3.29. The molecule has 114 valence electrons. The Morgan fingerprint density at radius 3 is 2.25 bits per heavy atom. The van der Waals surface area contributed by atoms with E-state index in [0.29, 0.717) is 0 Å². The number of rotatable bonds is 6. The summed E-state index contributed by atoms with van der Waals surface area (Å²) < 4.78 is 0. The van der Waals surface area contributed by atoms with Crippen LogP contribution in [-0.4, -0.2) is 51.2 Å². The first-order valence-electron chi connectivity index (χ1n) is 7.26. The second-order valence-electron chi connectivity index (χ2n) is 6.72. The van der Waals surface area contributed by atoms with Gasteiger partial charge < -0.3 is 15.1 Å². The minimum absolute atomic E-state index is 0.0703. The van der Waals surface area contributed by atoms with Crippen molar-refractivity contribution < 1.29 is 0 Å². The van der Waals surface area contributed by atoms with E-state index in [2.05, 4.69) is 69.2 Å². The molecule has 0 aliphatic carbocycles. The molecule has 0 radical (unpaired) electrons. The van der Waals surface area contributed by atoms with Crippen molar-refractivity contribution in [3.63, 3.8) is 0 Å². The van der Waals surface area contributed by atoms with Crippen molar-refractivity contribution in [2.75, 3.05) is 46.2 Å². The first-order chi connectivity index (χ1) is 9.24. The lowest BCUT2D eigenvalue weighted by molar-refractivity contribution is 0.416. The average Bonchev–Trinajstić information content (AvgIpc) is 2.34. The molecule has 0 unspecified atom stereocenters. The molecule has 0 fully saturated rings. The largest absolute Gasteiger partial charge is 0.358 e. The Morgan fingerprint density at radius 1 is 1.10 bits per heavy atom. The molecule has 4 heteroatoms. The number of aromatic nitrogens is 1. The van der Waals surface area contributed by atoms with Crippen molar-refractivity contribution in [2.24, 2.45) is 0 Å². The van der Waals surface area contributed by atoms with Crippen molar-refractivity contribution in [1.82, 2.24) is 15.2 Å². The van der Waals surface area contributed by atoms with Crippen molar-refractivity contribution in [1.29, 1.82) is 0 Å². The summed E-state index contributed by atoms with van der Waals surface area (Å²) in [6.45, 7) is 9.51. The lowest BCUT2D eigenvalue weighted by Crippen LogP contribution is -2.30. The SMILES string of the molecule is CNCc1cc(N(C)CCN(C)C)nc(C(C)(C)C)c1. The first-order valence-corrected chi connectivity index (χ1v) is 7.26. The number of nitrogens with one attached hydrogen (secondary N) is 1. The van der Waals surface area contributed by atoms with E-state index in [4.69, 9.17) is 4.98 Å². The smallest absolute Gasteiger partial charge is 0.128 e. The van der Waals surface area contributed by atoms with Crippen molar-refractivity contribution in [3.05, 3.63) is 23.4 Å². The molecule has 4 nitrogen and oxygen atoms in total. The zero-order chi connectivity index (χ0) is 15.3. The van der Waals surface area contributed by atoms with Gasteiger partial charge in [0.25, 0.3) is 0 Å². The molecule has 0 saturated heterocycles. The van der Waals surface area contributed by atoms with Crippen molar-refractivity contribution in [2.45, 2.75) is 32.7 Å². The van der Waals surface area contributed by atoms with E-state index < -0.39 is 0 Å². The van der Waals surface area contributed by atoms with Crippen LogP contribution in [0.25, 0.3) is 0 Å². The minimum atomic E-state index is 0.0703. The van der Waals surface area contributed by atoms with Crippen LogP contribution in [0.1, 0.15) is 32.0 Å². The summed E-state index contributed by atoms with van der Waals surface area (Å²) in [6.07, 6.45) is 0. The Balaban J connectivity index is 3.02. The molecule has 0 amide bonds. The number of likely N-dealkylation sites (N-methyl/N-ethyl adjacent to an activating group) is 2. The summed E-state index contributed by atoms with van der Waals surface area (Å²) in [5.41, 5.74) is 2.51. The molecule has 1 N–H and O–H groups in total. The van der Waals surface area contributed by atoms with Gasteiger partial charge in [0.1, 0.15) is 5.82 Å². The summed E-state index contributed by atoms with van der Waals surface area (Å²) in [5.74, 6) is 1.06. The van der Waals surface area contributed by atoms with Crippen molar-refractivity contribution >= 4 is 5.82 Å². The Hall–Kier alpha value is -1.13. The minimum Gasteiger partial charge on any atom is -0.358 e. The van der Waals surface area contributed by atoms with Crippen LogP contribution in [0, 0.1) is 0 Å². The van der Waals surface area contributed by atoms with Gasteiger partial charge in [0, 0.05) is 37.8 Å². The van der Waals surface area contributed by atoms with Gasteiger partial charge in [-0.3, -0.25) is 0 Å². The van der Waals surface area contributed by atoms with Gasteiger partial charge in [-0.1, -0.05) is 20.8 Å². The predicted molar refractivity (Wildman–Crippen MR) is 87.5 cm³/mol. The van der Waals surface area contributed by atoms with Crippen LogP contribution in [0.15, 0.2) is 12.1 Å². The predicted octanol–water partition coefficient (Wildman–Crippen LogP) is 2.10. The Kier molecular flexibility index (Phi) is 5.96. The quantitative estimate of drug-likeness (QED) is 0.863. The van der Waals surface area contributed by atoms with E-state index in [1.165, 1.54) is 5.56 Å². The fourth-order valence-electron chi connectivity index (χ4n) is 1.92. The van der Waals surface area contributed by atoms with E-state index in [0.717, 1.165) is 31.1 Å². The maximum Gasteiger partial charge on any atom is 0.128 e. The highest BCUT2D eigenvalue weighted by molar-refractivity contribution is 5.43. The molecular formula is C16H30N4. The number of hydrogen-bond acceptors (Lipinski definition) is 4. The zero-order valence-corrected chi connectivity index (χ0v) is 14.1. The van der Waals surface area contributed by atoms with E-state index in [1.807, 2.05) is 7.05 Å². The molecule has 20 heavy (non-hydrogen) atoms. The van der Waals surface area contributed by atoms with Crippen LogP contribution < -0.4 is 10.2 Å². The average molecular weight is 278 g/mol. The molecule has 1 rings (SSSR count). The lowest BCUT2D eigenvalue weighted by Gasteiger charge is -2.25. The van der Waals surface area contributed by atoms with Crippen LogP contribution in [-0.2, 0) is 12.0 Å². The van der Waals surface area contributed by atoms with E-state index in [-0.39, 0.29) is 5.41 Å². The number of nitrogens with zero attached hydrogens (tertiary/aromatic N) is 3. The van der Waals surface area contributed by atoms with E-state index in [1.54, 1.807) is 0 Å². The maximum absolute atomic E-state index is 4.84. The maximum atomic E-state index is 4.84. The first kappa shape index (κ1) is 16.9. The van der Waals surface area contributed by atoms with E-state index >= 15 is 0 Å². The van der Waals surface area contributed by atoms with Gasteiger partial charge in [0.15, 0.2) is 0 Å². The Labute approximate surface area is 124 Å². The van der Waals surface area contributed by atoms with Crippen LogP contribution in [0.2, 0.25) is 0 Å². The highest BCUT2D eigenvalue weighted by Crippen LogP contribution is 2.24. The number of hydrogen-bond donors (Lipinski definition) is 1. The zero-order valence-electron chi connectivity index (χ0n) is 14.1. The van der Waals surface area contributed by atoms with Gasteiger partial charge in [0.2, 0.25) is 0 Å². The molecule has 0 atom stereocenters. The Morgan fingerprint density at radius 2 is 1.75 bits per heavy atom. The normalized spacial score (nSPS) is 12.0. The molecule has 1 aromatic rings. The third kappa shape index (κ3) is 5.10. The third-order valence-electron chi connectivity index (χ3n) is 3.29. The number of pyridine rings is 1. The summed E-state index contributed by atoms with van der Waals surface area (Å²) in [7, 11) is 8.28. The van der Waals surface area contributed by atoms with Gasteiger partial charge >= 0.3 is 0 Å². The highest BCUT2D eigenvalue weighted by Gasteiger charge is 2.18. The molecule has 0 aliphatic rings. The van der Waals surface area contributed by atoms with Crippen LogP contribution in [0.5, 0.6) is 0 Å². The highest BCUT2D eigenvalue weighted by atomic mass is 15.2. The molecule has 0 saturated carbocycles. The molecule has 0 spiro atoms. The summed E-state index contributed by atoms with van der Waals surface area (Å²) in [5, 5.41) is 3.22. The summed E-state index contributed by atoms with van der Waals surface area (Å²) in [4.78, 5) is 9.27. The van der Waals surface area contributed by atoms with Gasteiger partial charge in [-0.25, -0.2) is 4.98 Å². The monoisotopic (exact) mass is 278 g/mol. The fraction of sp³-hybridized carbons (Fsp3) is 0.688. The fourth-order valence-corrected chi connectivity index (χ4v) is 1.92. The summed E-state index contributed by atoms with van der Waals surface area (Å²) in [6, 6.07) is 4.39. The molecule has 0 aromatic carbocycles. The molecule has 1 heterocycles. The molecule has 1 aromatic heterocycles. The van der Waals surface area contributed by atoms with Gasteiger partial charge in [-0.15, -0.1) is 0 Å². The topological polar surface area (TPSA) is 31.4 Å². The van der Waals surface area contributed by atoms with Gasteiger partial charge in [-0.05, 0) is 38.8 Å². The van der Waals surface area contributed by atoms with Crippen LogP contribution in [0.3, 0.4) is 0 Å². The van der Waals surface area contributed by atoms with Gasteiger partial charge in [0.05, 0.1) is 0 Å². The molecular weight excluding hydrogens is 248 g/mol. The standard InChI is InChI=1S/C16H30N4/c1-16(2,3)14-10-13(12-17-4)11-15(18-14)20(7)9-8-19(5)6/h10-11,17H,8-9,12H2,1-7H3. The second kappa shape index (κ2) is 7.04. The molecule has 0 aliphatic heterocycles. The lowest BCUT2D eigenvalue weighted by atomic mass is 9.90. The summed E-state index contributed by atoms with van der Waals surface area (Å²) >= 11 is 0. The van der Waals surface area contributed by atoms with E-state index in [9.17, 15) is 0 Å². The van der Waals surface area contributed by atoms with Crippen LogP contribution >= 0.6 is 0 Å². The number of anilines is 1. The van der Waals surface area contributed by atoms with Gasteiger partial charge in [-0.2, -0.15) is 0 Å².